The minimum absolute atomic E-state index is 0.00450. The van der Waals surface area contributed by atoms with Crippen molar-refractivity contribution in [3.8, 4) is 22.6 Å². The first-order valence-electron chi connectivity index (χ1n) is 8.44. The minimum Gasteiger partial charge on any atom is -0.383 e. The van der Waals surface area contributed by atoms with Crippen molar-refractivity contribution in [2.24, 2.45) is 0 Å². The van der Waals surface area contributed by atoms with Crippen molar-refractivity contribution in [1.29, 1.82) is 0 Å². The lowest BCUT2D eigenvalue weighted by Gasteiger charge is -2.13. The molecule has 1 N–H and O–H groups in total. The summed E-state index contributed by atoms with van der Waals surface area (Å²) < 4.78 is 47.6. The first kappa shape index (κ1) is 19.2. The van der Waals surface area contributed by atoms with Crippen LogP contribution < -0.4 is 0 Å². The Balaban J connectivity index is 1.96. The van der Waals surface area contributed by atoms with Gasteiger partial charge in [-0.15, -0.1) is 0 Å². The molecular formula is C21H12ClF3N2O2. The summed E-state index contributed by atoms with van der Waals surface area (Å²) in [4.78, 5) is 3.95. The van der Waals surface area contributed by atoms with Crippen LogP contribution in [0.25, 0.3) is 22.6 Å². The first-order chi connectivity index (χ1) is 14.0. The Labute approximate surface area is 168 Å². The fourth-order valence-corrected chi connectivity index (χ4v) is 3.16. The van der Waals surface area contributed by atoms with Crippen LogP contribution in [-0.4, -0.2) is 15.2 Å². The molecule has 4 aromatic rings. The van der Waals surface area contributed by atoms with Crippen molar-refractivity contribution < 1.29 is 22.8 Å². The highest BCUT2D eigenvalue weighted by molar-refractivity contribution is 6.30. The number of hydrogen-bond acceptors (Lipinski definition) is 4. The van der Waals surface area contributed by atoms with Crippen molar-refractivity contribution in [2.75, 3.05) is 0 Å². The van der Waals surface area contributed by atoms with E-state index in [0.717, 1.165) is 18.2 Å². The molecule has 0 spiro atoms. The SMILES string of the molecule is O[C@@H](c1cccnc1)c1c(-c2ccc(Cl)cc2F)noc1-c1ccc(F)cc1F. The van der Waals surface area contributed by atoms with Crippen molar-refractivity contribution in [3.63, 3.8) is 0 Å². The summed E-state index contributed by atoms with van der Waals surface area (Å²) in [7, 11) is 0. The third kappa shape index (κ3) is 3.62. The molecule has 0 aliphatic rings. The van der Waals surface area contributed by atoms with Crippen LogP contribution in [0.5, 0.6) is 0 Å². The molecule has 2 heterocycles. The molecule has 2 aromatic carbocycles. The largest absolute Gasteiger partial charge is 0.383 e. The molecule has 0 saturated carbocycles. The average molecular weight is 417 g/mol. The van der Waals surface area contributed by atoms with Gasteiger partial charge in [0.1, 0.15) is 29.2 Å². The van der Waals surface area contributed by atoms with E-state index in [1.165, 1.54) is 24.5 Å². The third-order valence-corrected chi connectivity index (χ3v) is 4.60. The fourth-order valence-electron chi connectivity index (χ4n) is 3.00. The van der Waals surface area contributed by atoms with Gasteiger partial charge in [-0.2, -0.15) is 0 Å². The quantitative estimate of drug-likeness (QED) is 0.473. The molecule has 2 aromatic heterocycles. The molecule has 29 heavy (non-hydrogen) atoms. The predicted molar refractivity (Wildman–Crippen MR) is 101 cm³/mol. The molecule has 1 atom stereocenters. The molecule has 146 valence electrons. The van der Waals surface area contributed by atoms with E-state index >= 15 is 0 Å². The molecule has 4 nitrogen and oxygen atoms in total. The van der Waals surface area contributed by atoms with Gasteiger partial charge in [-0.05, 0) is 36.4 Å². The monoisotopic (exact) mass is 416 g/mol. The first-order valence-corrected chi connectivity index (χ1v) is 8.82. The average Bonchev–Trinajstić information content (AvgIpc) is 3.12. The number of rotatable bonds is 4. The summed E-state index contributed by atoms with van der Waals surface area (Å²) >= 11 is 5.81. The smallest absolute Gasteiger partial charge is 0.176 e. The molecule has 0 radical (unpaired) electrons. The maximum absolute atomic E-state index is 14.5. The van der Waals surface area contributed by atoms with Gasteiger partial charge in [-0.25, -0.2) is 13.2 Å². The van der Waals surface area contributed by atoms with Crippen LogP contribution in [0.3, 0.4) is 0 Å². The topological polar surface area (TPSA) is 59.2 Å². The zero-order chi connectivity index (χ0) is 20.5. The second-order valence-corrected chi connectivity index (χ2v) is 6.65. The molecule has 8 heteroatoms. The number of aliphatic hydroxyl groups excluding tert-OH is 1. The number of aromatic nitrogens is 2. The summed E-state index contributed by atoms with van der Waals surface area (Å²) in [6.07, 6.45) is 1.56. The van der Waals surface area contributed by atoms with Gasteiger partial charge < -0.3 is 9.63 Å². The summed E-state index contributed by atoms with van der Waals surface area (Å²) in [5.41, 5.74) is 0.219. The predicted octanol–water partition coefficient (Wildman–Crippen LogP) is 5.56. The van der Waals surface area contributed by atoms with E-state index < -0.39 is 23.6 Å². The van der Waals surface area contributed by atoms with Gasteiger partial charge in [0.05, 0.1) is 11.1 Å². The lowest BCUT2D eigenvalue weighted by Crippen LogP contribution is -2.04. The molecule has 0 amide bonds. The van der Waals surface area contributed by atoms with E-state index in [9.17, 15) is 18.3 Å². The van der Waals surface area contributed by atoms with E-state index in [1.54, 1.807) is 12.1 Å². The Bertz CT molecular complexity index is 1110. The molecule has 0 fully saturated rings. The summed E-state index contributed by atoms with van der Waals surface area (Å²) in [6, 6.07) is 10.00. The van der Waals surface area contributed by atoms with Gasteiger partial charge in [-0.1, -0.05) is 22.8 Å². The zero-order valence-electron chi connectivity index (χ0n) is 14.6. The van der Waals surface area contributed by atoms with Gasteiger partial charge in [-0.3, -0.25) is 4.98 Å². The maximum atomic E-state index is 14.5. The number of benzene rings is 2. The van der Waals surface area contributed by atoms with Crippen LogP contribution in [0.15, 0.2) is 65.4 Å². The molecule has 0 aliphatic heterocycles. The second kappa shape index (κ2) is 7.69. The number of nitrogens with zero attached hydrogens (tertiary/aromatic N) is 2. The lowest BCUT2D eigenvalue weighted by atomic mass is 9.94. The van der Waals surface area contributed by atoms with E-state index in [-0.39, 0.29) is 33.2 Å². The summed E-state index contributed by atoms with van der Waals surface area (Å²) in [6.45, 7) is 0. The van der Waals surface area contributed by atoms with Crippen LogP contribution in [-0.2, 0) is 0 Å². The van der Waals surface area contributed by atoms with Crippen molar-refractivity contribution in [3.05, 3.63) is 94.5 Å². The number of hydrogen-bond donors (Lipinski definition) is 1. The molecule has 0 bridgehead atoms. The fraction of sp³-hybridized carbons (Fsp3) is 0.0476. The number of pyridine rings is 1. The van der Waals surface area contributed by atoms with Crippen molar-refractivity contribution in [2.45, 2.75) is 6.10 Å². The molecule has 4 rings (SSSR count). The summed E-state index contributed by atoms with van der Waals surface area (Å²) in [5, 5.41) is 15.0. The number of halogens is 4. The molecular weight excluding hydrogens is 405 g/mol. The van der Waals surface area contributed by atoms with E-state index in [2.05, 4.69) is 10.1 Å². The van der Waals surface area contributed by atoms with E-state index in [4.69, 9.17) is 16.1 Å². The molecule has 0 aliphatic carbocycles. The molecule has 0 unspecified atom stereocenters. The summed E-state index contributed by atoms with van der Waals surface area (Å²) in [5.74, 6) is -2.53. The second-order valence-electron chi connectivity index (χ2n) is 6.21. The van der Waals surface area contributed by atoms with Crippen molar-refractivity contribution >= 4 is 11.6 Å². The van der Waals surface area contributed by atoms with Crippen LogP contribution in [0.1, 0.15) is 17.2 Å². The van der Waals surface area contributed by atoms with Gasteiger partial charge >= 0.3 is 0 Å². The number of aliphatic hydroxyl groups is 1. The van der Waals surface area contributed by atoms with Crippen LogP contribution >= 0.6 is 11.6 Å². The van der Waals surface area contributed by atoms with Crippen LogP contribution in [0.2, 0.25) is 5.02 Å². The highest BCUT2D eigenvalue weighted by atomic mass is 35.5. The zero-order valence-corrected chi connectivity index (χ0v) is 15.4. The van der Waals surface area contributed by atoms with Crippen LogP contribution in [0, 0.1) is 17.5 Å². The van der Waals surface area contributed by atoms with Gasteiger partial charge in [0.2, 0.25) is 0 Å². The Hall–Kier alpha value is -3.16. The van der Waals surface area contributed by atoms with E-state index in [0.29, 0.717) is 11.6 Å². The normalized spacial score (nSPS) is 12.2. The maximum Gasteiger partial charge on any atom is 0.176 e. The van der Waals surface area contributed by atoms with E-state index in [1.807, 2.05) is 0 Å². The Morgan fingerprint density at radius 2 is 1.72 bits per heavy atom. The Morgan fingerprint density at radius 3 is 2.41 bits per heavy atom. The van der Waals surface area contributed by atoms with Crippen LogP contribution in [0.4, 0.5) is 13.2 Å². The standard InChI is InChI=1S/C21H12ClF3N2O2/c22-12-3-5-14(16(24)8-12)19-18(20(28)11-2-1-7-26-10-11)21(29-27-19)15-6-4-13(23)9-17(15)25/h1-10,20,28H/t20-/m0/s1. The highest BCUT2D eigenvalue weighted by Gasteiger charge is 2.29. The Morgan fingerprint density at radius 1 is 0.966 bits per heavy atom. The minimum atomic E-state index is -1.36. The third-order valence-electron chi connectivity index (χ3n) is 4.36. The molecule has 0 saturated heterocycles. The lowest BCUT2D eigenvalue weighted by molar-refractivity contribution is 0.220. The Kier molecular flexibility index (Phi) is 5.08. The highest BCUT2D eigenvalue weighted by Crippen LogP contribution is 2.40. The van der Waals surface area contributed by atoms with Gasteiger partial charge in [0.25, 0.3) is 0 Å². The van der Waals surface area contributed by atoms with Gasteiger partial charge in [0.15, 0.2) is 5.76 Å². The van der Waals surface area contributed by atoms with Crippen molar-refractivity contribution in [1.82, 2.24) is 10.1 Å². The van der Waals surface area contributed by atoms with Gasteiger partial charge in [0, 0.05) is 34.6 Å².